The molecular formula is C28H5Cl3F38OSi2. The van der Waals surface area contributed by atoms with Gasteiger partial charge in [-0.2, -0.15) is 123 Å². The Morgan fingerprint density at radius 2 is 0.583 bits per heavy atom. The summed E-state index contributed by atoms with van der Waals surface area (Å²) in [5, 5.41) is -4.45. The molecule has 0 saturated carbocycles. The quantitative estimate of drug-likeness (QED) is 0.0568. The number of rotatable bonds is 15. The summed E-state index contributed by atoms with van der Waals surface area (Å²) in [6, 6.07) is 0. The average Bonchev–Trinajstić information content (AvgIpc) is 3.20. The second-order valence-corrected chi connectivity index (χ2v) is 23.3. The lowest BCUT2D eigenvalue weighted by atomic mass is 9.98. The lowest BCUT2D eigenvalue weighted by Crippen LogP contribution is -2.82. The minimum atomic E-state index is -9.94. The number of halogens is 41. The molecule has 0 aliphatic heterocycles. The van der Waals surface area contributed by atoms with Crippen molar-refractivity contribution in [2.45, 2.75) is 77.7 Å². The zero-order valence-corrected chi connectivity index (χ0v) is 35.9. The number of hydrogen-bond acceptors (Lipinski definition) is 1. The second kappa shape index (κ2) is 19.4. The van der Waals surface area contributed by atoms with Crippen LogP contribution in [0, 0.1) is 52.4 Å². The van der Waals surface area contributed by atoms with Crippen LogP contribution in [0.4, 0.5) is 167 Å². The highest BCUT2D eigenvalue weighted by Crippen LogP contribution is 2.67. The fourth-order valence-corrected chi connectivity index (χ4v) is 11.8. The van der Waals surface area contributed by atoms with Gasteiger partial charge in [-0.1, -0.05) is 0 Å². The third kappa shape index (κ3) is 9.25. The summed E-state index contributed by atoms with van der Waals surface area (Å²) in [6.45, 7) is -8.62. The van der Waals surface area contributed by atoms with Gasteiger partial charge in [-0.05, 0) is 6.92 Å². The summed E-state index contributed by atoms with van der Waals surface area (Å²) >= 11 is 14.9. The van der Waals surface area contributed by atoms with E-state index in [1.807, 2.05) is 0 Å². The molecule has 0 N–H and O–H groups in total. The van der Waals surface area contributed by atoms with Crippen LogP contribution >= 0.6 is 33.2 Å². The van der Waals surface area contributed by atoms with Crippen molar-refractivity contribution in [3.8, 4) is 0 Å². The molecule has 0 amide bonds. The van der Waals surface area contributed by atoms with E-state index in [-0.39, 0.29) is 6.92 Å². The normalized spacial score (nSPS) is 14.9. The summed E-state index contributed by atoms with van der Waals surface area (Å²) in [5.74, 6) is -99.4. The van der Waals surface area contributed by atoms with E-state index in [1.54, 1.807) is 0 Å². The predicted molar refractivity (Wildman–Crippen MR) is 164 cm³/mol. The number of benzene rings is 2. The molecule has 0 heterocycles. The summed E-state index contributed by atoms with van der Waals surface area (Å²) in [6.07, 6.45) is -19.6. The van der Waals surface area contributed by atoms with Crippen LogP contribution in [0.15, 0.2) is 6.08 Å². The van der Waals surface area contributed by atoms with Crippen molar-refractivity contribution in [2.24, 2.45) is 0 Å². The topological polar surface area (TPSA) is 9.23 Å². The van der Waals surface area contributed by atoms with Crippen molar-refractivity contribution in [1.82, 2.24) is 0 Å². The largest absolute Gasteiger partial charge is 0.460 e. The first-order valence-corrected chi connectivity index (χ1v) is 22.9. The summed E-state index contributed by atoms with van der Waals surface area (Å²) in [7, 11) is -9.94. The fourth-order valence-electron chi connectivity index (χ4n) is 4.72. The lowest BCUT2D eigenvalue weighted by Gasteiger charge is -2.47. The van der Waals surface area contributed by atoms with Gasteiger partial charge in [0.2, 0.25) is 11.6 Å². The summed E-state index contributed by atoms with van der Waals surface area (Å²) in [5.41, 5.74) is -20.1. The molecule has 0 saturated heterocycles. The van der Waals surface area contributed by atoms with Gasteiger partial charge in [0, 0.05) is 6.61 Å². The van der Waals surface area contributed by atoms with Gasteiger partial charge in [-0.3, -0.25) is 0 Å². The van der Waals surface area contributed by atoms with Gasteiger partial charge in [0.05, 0.1) is 15.9 Å². The van der Waals surface area contributed by atoms with Gasteiger partial charge in [0.1, 0.15) is 0 Å². The molecule has 0 aromatic heterocycles. The van der Waals surface area contributed by atoms with E-state index < -0.39 is 172 Å². The van der Waals surface area contributed by atoms with E-state index in [0.29, 0.717) is 0 Å². The van der Waals surface area contributed by atoms with E-state index in [1.165, 1.54) is 0 Å². The highest BCUT2D eigenvalue weighted by Gasteiger charge is 3.00. The zero-order chi connectivity index (χ0) is 58.5. The molecule has 418 valence electrons. The highest BCUT2D eigenvalue weighted by atomic mass is 35.7. The molecule has 2 aromatic carbocycles. The minimum Gasteiger partial charge on any atom is -0.396 e. The van der Waals surface area contributed by atoms with Crippen molar-refractivity contribution < 1.29 is 171 Å². The van der Waals surface area contributed by atoms with E-state index >= 15 is 0 Å². The van der Waals surface area contributed by atoms with Gasteiger partial charge in [-0.15, -0.1) is 33.2 Å². The summed E-state index contributed by atoms with van der Waals surface area (Å²) in [4.78, 5) is 0. The van der Waals surface area contributed by atoms with Crippen molar-refractivity contribution >= 4 is 63.8 Å². The molecule has 0 spiro atoms. The van der Waals surface area contributed by atoms with Crippen LogP contribution in [0.3, 0.4) is 0 Å². The van der Waals surface area contributed by atoms with Crippen molar-refractivity contribution in [1.29, 1.82) is 0 Å². The first-order valence-electron chi connectivity index (χ1n) is 15.9. The molecule has 44 heteroatoms. The average molecular weight is 1240 g/mol. The van der Waals surface area contributed by atoms with Crippen LogP contribution in [0.25, 0.3) is 5.83 Å². The smallest absolute Gasteiger partial charge is 0.396 e. The Morgan fingerprint density at radius 1 is 0.361 bits per heavy atom. The second-order valence-electron chi connectivity index (χ2n) is 12.9. The molecule has 2 aromatic rings. The SMILES string of the molecule is CCO[Si](Cl)(C(F)(F)C(F)(F)C(F)(F)C(F)(F)C(F)(F)C(F)(F)F)C(F)(F)C(F)(F)C(F)(F)C(F)(F)C(F)(F)C(F)(F)F.FC(F)=C(F)c1c(F)c(F)c([Si](Cl)(Cl)c2c(F)c(F)c(F)c(F)c2F)c(F)c1F. The van der Waals surface area contributed by atoms with E-state index in [2.05, 4.69) is 15.5 Å². The Bertz CT molecular complexity index is 2270. The molecule has 0 aliphatic carbocycles. The molecule has 0 unspecified atom stereocenters. The van der Waals surface area contributed by atoms with Gasteiger partial charge >= 0.3 is 91.2 Å². The number of alkyl halides is 26. The lowest BCUT2D eigenvalue weighted by molar-refractivity contribution is -0.439. The standard InChI is InChI=1S/C14Cl2F12Si.C14H5ClF26OSi/c15-29(16,13-10(25)6(21)5(20)7(22)11(13)26)12-8(23)2(17)1(3(18)9(12)24)4(19)14(27)28;1-2-42-43(15,13(38,39)9(28,29)5(20,21)3(16,17)7(24,25)11(32,33)34)14(40,41)10(30,31)6(22,23)4(18,19)8(26,27)12(35,36)37/h;2H2,1H3. The van der Waals surface area contributed by atoms with Gasteiger partial charge in [0.25, 0.3) is 0 Å². The highest BCUT2D eigenvalue weighted by molar-refractivity contribution is 7.56. The molecule has 0 bridgehead atoms. The first-order chi connectivity index (χ1) is 31.2. The Labute approximate surface area is 383 Å². The molecular weight excluding hydrogens is 1240 g/mol. The molecule has 1 nitrogen and oxygen atoms in total. The van der Waals surface area contributed by atoms with Crippen molar-refractivity contribution in [3.05, 3.63) is 64.0 Å². The van der Waals surface area contributed by atoms with Gasteiger partial charge < -0.3 is 4.43 Å². The minimum absolute atomic E-state index is 0.221. The Kier molecular flexibility index (Phi) is 18.0. The van der Waals surface area contributed by atoms with Crippen LogP contribution in [0.1, 0.15) is 12.5 Å². The Balaban J connectivity index is 0.000000773. The molecule has 72 heavy (non-hydrogen) atoms. The van der Waals surface area contributed by atoms with Gasteiger partial charge in [0.15, 0.2) is 46.5 Å². The van der Waals surface area contributed by atoms with E-state index in [0.717, 1.165) is 0 Å². The maximum atomic E-state index is 14.4. The fraction of sp³-hybridized carbons (Fsp3) is 0.500. The van der Waals surface area contributed by atoms with Crippen LogP contribution in [0.2, 0.25) is 0 Å². The van der Waals surface area contributed by atoms with Crippen molar-refractivity contribution in [2.75, 3.05) is 6.61 Å². The molecule has 0 radical (unpaired) electrons. The van der Waals surface area contributed by atoms with Crippen LogP contribution in [-0.2, 0) is 4.43 Å². The maximum absolute atomic E-state index is 14.4. The monoisotopic (exact) mass is 1240 g/mol. The zero-order valence-electron chi connectivity index (χ0n) is 31.6. The van der Waals surface area contributed by atoms with Crippen molar-refractivity contribution in [3.63, 3.8) is 0 Å². The first kappa shape index (κ1) is 66.8. The predicted octanol–water partition coefficient (Wildman–Crippen LogP) is 14.8. The molecule has 0 atom stereocenters. The molecule has 0 fully saturated rings. The van der Waals surface area contributed by atoms with Crippen LogP contribution in [-0.4, -0.2) is 91.8 Å². The third-order valence-corrected chi connectivity index (χ3v) is 17.6. The van der Waals surface area contributed by atoms with Crippen LogP contribution < -0.4 is 10.4 Å². The molecule has 2 rings (SSSR count). The van der Waals surface area contributed by atoms with Crippen LogP contribution in [0.5, 0.6) is 0 Å². The Morgan fingerprint density at radius 3 is 0.806 bits per heavy atom. The Hall–Kier alpha value is -3.22. The van der Waals surface area contributed by atoms with E-state index in [4.69, 9.17) is 22.2 Å². The maximum Gasteiger partial charge on any atom is 0.460 e. The third-order valence-electron chi connectivity index (χ3n) is 8.50. The van der Waals surface area contributed by atoms with E-state index in [9.17, 15) is 167 Å². The summed E-state index contributed by atoms with van der Waals surface area (Å²) < 4.78 is 510. The van der Waals surface area contributed by atoms with Gasteiger partial charge in [-0.25, -0.2) is 43.9 Å². The number of hydrogen-bond donors (Lipinski definition) is 0. The molecule has 0 aliphatic rings.